The molecule has 7 saturated heterocycles. The van der Waals surface area contributed by atoms with E-state index >= 15 is 0 Å². The van der Waals surface area contributed by atoms with Crippen LogP contribution in [0.1, 0.15) is 318 Å². The molecule has 7 fully saturated rings. The van der Waals surface area contributed by atoms with Crippen LogP contribution in [0.5, 0.6) is 34.5 Å². The summed E-state index contributed by atoms with van der Waals surface area (Å²) in [6, 6.07) is 40.1. The van der Waals surface area contributed by atoms with Crippen LogP contribution in [0.2, 0.25) is 0 Å². The summed E-state index contributed by atoms with van der Waals surface area (Å²) in [7, 11) is 0. The highest BCUT2D eigenvalue weighted by molar-refractivity contribution is 6.23. The number of phenolic OH excluding ortho intramolecular Hbond substituents is 6. The zero-order chi connectivity index (χ0) is 107. The summed E-state index contributed by atoms with van der Waals surface area (Å²) < 4.78 is 0. The quantitative estimate of drug-likeness (QED) is 0.0386. The standard InChI is InChI=1S/C20H29NO3.C19H27NO3.C18H15NO3.C17H23NO3.C15H19NO3.C14H17NO3.C12H13NO3/c1-12-8-16(22)21(18(12)24)11-13-9-14(19(2,3)4)17(23)15(10-13)20(5,6)7;1-11-8-15(21)20(17(11)23)12-9-13(18(2,3)4)16(22)14(10-12)19(5,6)7;1-12-11-16(20)19(18(12)22)15-9-7-14(8-10-15)17(21)13-5-3-2-4-6-13;1-9(2)13-7-12(8-14(10(3)4)16(13)20)18-15(19)6-11(5)17(18)21;1-4-10-7-12(8-11(5-2)14(10)18)16-13(17)6-9(3)15(16)19;1-8-4-11(5-9(2)13(8)17)7-15-12(16)6-10(3)14(15)18;1-8-6-11(15)13(12(8)16)7-9-2-4-10(14)5-3-9/h9-10,12,23H,8,11H2,1-7H3;9-11,22H,8H2,1-7H3;2-10,12H,11H2,1H3;7-11,20H,6H2,1-5H3;7-9,18H,4-6H2,1-3H3;4-5,10,17H,6-7H2,1-3H3;2-5,8,14H,6-7H2,1H3. The van der Waals surface area contributed by atoms with Crippen LogP contribution >= 0.6 is 0 Å². The zero-order valence-electron chi connectivity index (χ0n) is 87.9. The third-order valence-corrected chi connectivity index (χ3v) is 26.5. The number of amides is 14. The van der Waals surface area contributed by atoms with Gasteiger partial charge in [-0.25, -0.2) is 0 Å². The molecule has 8 aromatic rings. The molecular formula is C115H143N7O21. The maximum atomic E-state index is 12.4. The van der Waals surface area contributed by atoms with E-state index < -0.39 is 0 Å². The van der Waals surface area contributed by atoms with E-state index in [4.69, 9.17) is 5.11 Å². The lowest BCUT2D eigenvalue weighted by Crippen LogP contribution is -2.31. The van der Waals surface area contributed by atoms with Gasteiger partial charge in [0.15, 0.2) is 5.78 Å². The van der Waals surface area contributed by atoms with Gasteiger partial charge in [-0.05, 0) is 206 Å². The summed E-state index contributed by atoms with van der Waals surface area (Å²) in [5, 5.41) is 60.7. The smallest absolute Gasteiger partial charge is 0.237 e. The molecule has 6 N–H and O–H groups in total. The van der Waals surface area contributed by atoms with Crippen LogP contribution < -0.4 is 19.6 Å². The minimum Gasteiger partial charge on any atom is -0.508 e. The fraction of sp³-hybridized carbons (Fsp3) is 0.452. The number of anilines is 4. The predicted molar refractivity (Wildman–Crippen MR) is 549 cm³/mol. The van der Waals surface area contributed by atoms with E-state index in [1.807, 2.05) is 181 Å². The molecule has 764 valence electrons. The van der Waals surface area contributed by atoms with Crippen molar-refractivity contribution in [2.24, 2.45) is 41.4 Å². The number of aryl methyl sites for hydroxylation is 4. The second kappa shape index (κ2) is 45.6. The Morgan fingerprint density at radius 2 is 0.573 bits per heavy atom. The molecule has 0 spiro atoms. The number of nitrogens with zero attached hydrogens (tertiary/aromatic N) is 7. The summed E-state index contributed by atoms with van der Waals surface area (Å²) >= 11 is 0. The van der Waals surface area contributed by atoms with Crippen LogP contribution in [0.15, 0.2) is 140 Å². The van der Waals surface area contributed by atoms with Gasteiger partial charge in [0.25, 0.3) is 0 Å². The van der Waals surface area contributed by atoms with Gasteiger partial charge < -0.3 is 30.6 Å². The molecule has 15 rings (SSSR count). The van der Waals surface area contributed by atoms with Crippen molar-refractivity contribution in [2.45, 2.75) is 298 Å². The number of aromatic hydroxyl groups is 6. The number of likely N-dealkylation sites (tertiary alicyclic amines) is 3. The Labute approximate surface area is 840 Å². The van der Waals surface area contributed by atoms with Crippen LogP contribution in [-0.2, 0) is 121 Å². The number of phenols is 6. The van der Waals surface area contributed by atoms with Crippen LogP contribution in [0, 0.1) is 55.3 Å². The van der Waals surface area contributed by atoms with Crippen molar-refractivity contribution in [3.63, 3.8) is 0 Å². The Morgan fingerprint density at radius 3 is 0.860 bits per heavy atom. The number of carbonyl (C=O) groups is 15. The molecule has 8 aromatic carbocycles. The highest BCUT2D eigenvalue weighted by Gasteiger charge is 2.44. The second-order valence-electron chi connectivity index (χ2n) is 43.5. The number of ketones is 1. The van der Waals surface area contributed by atoms with Crippen molar-refractivity contribution in [1.29, 1.82) is 0 Å². The van der Waals surface area contributed by atoms with E-state index in [1.54, 1.807) is 146 Å². The SMILES string of the molecule is CC1CC(=O)N(Cc2cc(C(C)(C)C)c(O)c(C(C)(C)C)c2)C1=O.CC1CC(=O)N(Cc2ccc(O)cc2)C1=O.CC1CC(=O)N(c2cc(C(C)(C)C)c(O)c(C(C)(C)C)c2)C1=O.CC1CC(=O)N(c2cc(C(C)C)c(O)c(C(C)C)c2)C1=O.CC1CC(=O)N(c2ccc(C(=O)c3ccccc3)cc2)C1=O.CCc1cc(N2C(=O)CC(C)C2=O)cc(CC)c1O.Cc1cc(CN2C(=O)CC(C)C2=O)cc(C)c1O. The minimum atomic E-state index is -0.294. The molecule has 7 heterocycles. The van der Waals surface area contributed by atoms with Gasteiger partial charge in [-0.15, -0.1) is 0 Å². The lowest BCUT2D eigenvalue weighted by Gasteiger charge is -2.29. The second-order valence-corrected chi connectivity index (χ2v) is 43.5. The third kappa shape index (κ3) is 26.4. The molecule has 28 heteroatoms. The Bertz CT molecular complexity index is 6090. The van der Waals surface area contributed by atoms with E-state index in [0.29, 0.717) is 78.4 Å². The summed E-state index contributed by atoms with van der Waals surface area (Å²) in [6.07, 6.45) is 3.23. The molecule has 0 saturated carbocycles. The van der Waals surface area contributed by atoms with E-state index in [2.05, 4.69) is 0 Å². The van der Waals surface area contributed by atoms with Crippen molar-refractivity contribution in [2.75, 3.05) is 19.6 Å². The summed E-state index contributed by atoms with van der Waals surface area (Å²) in [5.74, 6) is -2.06. The van der Waals surface area contributed by atoms with Crippen molar-refractivity contribution >= 4 is 111 Å². The maximum Gasteiger partial charge on any atom is 0.237 e. The molecule has 7 atom stereocenters. The fourth-order valence-electron chi connectivity index (χ4n) is 18.0. The van der Waals surface area contributed by atoms with Crippen molar-refractivity contribution < 1.29 is 103 Å². The number of hydrogen-bond donors (Lipinski definition) is 6. The zero-order valence-corrected chi connectivity index (χ0v) is 87.9. The van der Waals surface area contributed by atoms with E-state index in [9.17, 15) is 97.5 Å². The molecule has 7 aliphatic rings. The summed E-state index contributed by atoms with van der Waals surface area (Å²) in [4.78, 5) is 189. The van der Waals surface area contributed by atoms with E-state index in [1.165, 1.54) is 34.3 Å². The van der Waals surface area contributed by atoms with Crippen LogP contribution in [0.4, 0.5) is 22.7 Å². The summed E-state index contributed by atoms with van der Waals surface area (Å²) in [6.45, 7) is 53.0. The van der Waals surface area contributed by atoms with Gasteiger partial charge in [-0.1, -0.05) is 228 Å². The molecule has 7 aliphatic heterocycles. The van der Waals surface area contributed by atoms with E-state index in [-0.39, 0.29) is 231 Å². The normalized spacial score (nSPS) is 19.3. The first-order valence-electron chi connectivity index (χ1n) is 49.2. The first-order chi connectivity index (χ1) is 66.4. The molecule has 0 radical (unpaired) electrons. The lowest BCUT2D eigenvalue weighted by molar-refractivity contribution is -0.141. The highest BCUT2D eigenvalue weighted by Crippen LogP contribution is 2.46. The third-order valence-electron chi connectivity index (χ3n) is 26.5. The molecule has 28 nitrogen and oxygen atoms in total. The van der Waals surface area contributed by atoms with Gasteiger partial charge in [0.1, 0.15) is 34.5 Å². The molecule has 14 amide bonds. The van der Waals surface area contributed by atoms with Gasteiger partial charge in [-0.3, -0.25) is 106 Å². The van der Waals surface area contributed by atoms with E-state index in [0.717, 1.165) is 72.3 Å². The largest absolute Gasteiger partial charge is 0.508 e. The summed E-state index contributed by atoms with van der Waals surface area (Å²) in [5.41, 5.74) is 12.8. The average Bonchev–Trinajstić information content (AvgIpc) is 1.76. The van der Waals surface area contributed by atoms with Crippen molar-refractivity contribution in [3.8, 4) is 34.5 Å². The molecule has 0 aromatic heterocycles. The maximum absolute atomic E-state index is 12.4. The molecule has 143 heavy (non-hydrogen) atoms. The van der Waals surface area contributed by atoms with Crippen LogP contribution in [0.3, 0.4) is 0 Å². The number of rotatable bonds is 16. The Kier molecular flexibility index (Phi) is 36.0. The number of imide groups is 7. The number of carbonyl (C=O) groups excluding carboxylic acids is 15. The lowest BCUT2D eigenvalue weighted by atomic mass is 9.78. The first kappa shape index (κ1) is 113. The van der Waals surface area contributed by atoms with Crippen molar-refractivity contribution in [1.82, 2.24) is 14.7 Å². The van der Waals surface area contributed by atoms with Gasteiger partial charge >= 0.3 is 0 Å². The number of benzene rings is 8. The highest BCUT2D eigenvalue weighted by atomic mass is 16.3. The molecule has 0 aliphatic carbocycles. The van der Waals surface area contributed by atoms with Crippen molar-refractivity contribution in [3.05, 3.63) is 223 Å². The molecular weight excluding hydrogens is 1820 g/mol. The van der Waals surface area contributed by atoms with Crippen LogP contribution in [-0.4, -0.2) is 134 Å². The van der Waals surface area contributed by atoms with Gasteiger partial charge in [0, 0.05) is 109 Å². The van der Waals surface area contributed by atoms with Gasteiger partial charge in [-0.2, -0.15) is 0 Å². The number of hydrogen-bond acceptors (Lipinski definition) is 21. The molecule has 7 unspecified atom stereocenters. The molecule has 0 bridgehead atoms. The Hall–Kier alpha value is -13.8. The Balaban J connectivity index is 0.000000187. The van der Waals surface area contributed by atoms with Gasteiger partial charge in [0.2, 0.25) is 82.7 Å². The minimum absolute atomic E-state index is 0.0837. The first-order valence-corrected chi connectivity index (χ1v) is 49.2. The topological polar surface area (TPSA) is 400 Å². The van der Waals surface area contributed by atoms with Crippen LogP contribution in [0.25, 0.3) is 0 Å². The Morgan fingerprint density at radius 1 is 0.301 bits per heavy atom. The predicted octanol–water partition coefficient (Wildman–Crippen LogP) is 19.7. The monoisotopic (exact) mass is 1960 g/mol. The van der Waals surface area contributed by atoms with Gasteiger partial charge in [0.05, 0.1) is 42.4 Å². The fourth-order valence-corrected chi connectivity index (χ4v) is 18.0. The average molecular weight is 1960 g/mol.